The van der Waals surface area contributed by atoms with Crippen LogP contribution in [0.1, 0.15) is 25.0 Å². The number of aryl methyl sites for hydroxylation is 2. The fraction of sp³-hybridized carbons (Fsp3) is 0.778. The minimum atomic E-state index is 0.530. The molecular weight excluding hydrogens is 164 g/mol. The zero-order valence-electron chi connectivity index (χ0n) is 8.62. The summed E-state index contributed by atoms with van der Waals surface area (Å²) in [5, 5.41) is 4.20. The summed E-state index contributed by atoms with van der Waals surface area (Å²) < 4.78 is 1.84. The minimum Gasteiger partial charge on any atom is -0.330 e. The average Bonchev–Trinajstić information content (AvgIpc) is 2.41. The number of aromatic nitrogens is 3. The Balaban J connectivity index is 2.67. The fourth-order valence-corrected chi connectivity index (χ4v) is 1.39. The third kappa shape index (κ3) is 2.52. The van der Waals surface area contributed by atoms with E-state index >= 15 is 0 Å². The van der Waals surface area contributed by atoms with Gasteiger partial charge in [0.05, 0.1) is 0 Å². The zero-order valence-corrected chi connectivity index (χ0v) is 8.62. The minimum absolute atomic E-state index is 0.530. The van der Waals surface area contributed by atoms with Crippen molar-refractivity contribution in [2.75, 3.05) is 6.54 Å². The molecule has 0 spiro atoms. The van der Waals surface area contributed by atoms with E-state index in [1.165, 1.54) is 0 Å². The Morgan fingerprint density at radius 2 is 2.23 bits per heavy atom. The average molecular weight is 182 g/mol. The van der Waals surface area contributed by atoms with Crippen LogP contribution in [-0.2, 0) is 13.5 Å². The molecule has 1 unspecified atom stereocenters. The van der Waals surface area contributed by atoms with Crippen molar-refractivity contribution in [3.63, 3.8) is 0 Å². The summed E-state index contributed by atoms with van der Waals surface area (Å²) in [4.78, 5) is 4.34. The van der Waals surface area contributed by atoms with Crippen LogP contribution in [0.3, 0.4) is 0 Å². The third-order valence-corrected chi connectivity index (χ3v) is 2.34. The largest absolute Gasteiger partial charge is 0.330 e. The van der Waals surface area contributed by atoms with Crippen LogP contribution in [0.15, 0.2) is 0 Å². The van der Waals surface area contributed by atoms with Crippen molar-refractivity contribution in [3.05, 3.63) is 11.6 Å². The summed E-state index contributed by atoms with van der Waals surface area (Å²) in [5.74, 6) is 2.40. The predicted octanol–water partition coefficient (Wildman–Crippen LogP) is 0.651. The van der Waals surface area contributed by atoms with Crippen molar-refractivity contribution < 1.29 is 0 Å². The lowest BCUT2D eigenvalue weighted by Gasteiger charge is -2.10. The molecule has 0 aromatic carbocycles. The molecule has 1 rings (SSSR count). The molecule has 13 heavy (non-hydrogen) atoms. The van der Waals surface area contributed by atoms with E-state index in [0.29, 0.717) is 5.92 Å². The Morgan fingerprint density at radius 3 is 2.62 bits per heavy atom. The van der Waals surface area contributed by atoms with E-state index in [4.69, 9.17) is 5.73 Å². The standard InChI is InChI=1S/C9H18N4/c1-4-8(6-10)5-9-11-7(2)12-13(9)3/h8H,4-6,10H2,1-3H3. The zero-order chi connectivity index (χ0) is 9.84. The van der Waals surface area contributed by atoms with E-state index in [1.54, 1.807) is 0 Å². The van der Waals surface area contributed by atoms with E-state index in [9.17, 15) is 0 Å². The van der Waals surface area contributed by atoms with Crippen LogP contribution in [0.25, 0.3) is 0 Å². The first-order chi connectivity index (χ1) is 6.17. The first-order valence-electron chi connectivity index (χ1n) is 4.74. The third-order valence-electron chi connectivity index (χ3n) is 2.34. The molecule has 4 nitrogen and oxygen atoms in total. The van der Waals surface area contributed by atoms with Crippen LogP contribution in [0.4, 0.5) is 0 Å². The first kappa shape index (κ1) is 10.2. The lowest BCUT2D eigenvalue weighted by Crippen LogP contribution is -2.17. The topological polar surface area (TPSA) is 56.7 Å². The van der Waals surface area contributed by atoms with E-state index in [-0.39, 0.29) is 0 Å². The highest BCUT2D eigenvalue weighted by molar-refractivity contribution is 4.92. The molecule has 1 atom stereocenters. The van der Waals surface area contributed by atoms with Gasteiger partial charge in [-0.05, 0) is 19.4 Å². The molecule has 1 aromatic rings. The van der Waals surface area contributed by atoms with Crippen molar-refractivity contribution in [3.8, 4) is 0 Å². The SMILES string of the molecule is CCC(CN)Cc1nc(C)nn1C. The number of hydrogen-bond donors (Lipinski definition) is 1. The highest BCUT2D eigenvalue weighted by Gasteiger charge is 2.10. The molecule has 1 heterocycles. The Bertz CT molecular complexity index is 263. The Hall–Kier alpha value is -0.900. The number of nitrogens with zero attached hydrogens (tertiary/aromatic N) is 3. The maximum absolute atomic E-state index is 5.63. The van der Waals surface area contributed by atoms with Gasteiger partial charge in [-0.1, -0.05) is 13.3 Å². The number of hydrogen-bond acceptors (Lipinski definition) is 3. The van der Waals surface area contributed by atoms with Crippen LogP contribution in [0.5, 0.6) is 0 Å². The maximum atomic E-state index is 5.63. The summed E-state index contributed by atoms with van der Waals surface area (Å²) in [7, 11) is 1.93. The monoisotopic (exact) mass is 182 g/mol. The molecule has 1 aromatic heterocycles. The second kappa shape index (κ2) is 4.37. The van der Waals surface area contributed by atoms with E-state index in [2.05, 4.69) is 17.0 Å². The first-order valence-corrected chi connectivity index (χ1v) is 4.74. The van der Waals surface area contributed by atoms with Gasteiger partial charge in [-0.25, -0.2) is 4.98 Å². The summed E-state index contributed by atoms with van der Waals surface area (Å²) in [6.07, 6.45) is 2.03. The lowest BCUT2D eigenvalue weighted by molar-refractivity contribution is 0.492. The van der Waals surface area contributed by atoms with Gasteiger partial charge in [-0.2, -0.15) is 5.10 Å². The van der Waals surface area contributed by atoms with E-state index in [0.717, 1.165) is 31.0 Å². The number of rotatable bonds is 4. The van der Waals surface area contributed by atoms with Crippen molar-refractivity contribution in [1.82, 2.24) is 14.8 Å². The highest BCUT2D eigenvalue weighted by atomic mass is 15.3. The molecule has 0 amide bonds. The molecule has 0 saturated carbocycles. The maximum Gasteiger partial charge on any atom is 0.147 e. The normalized spacial score (nSPS) is 13.2. The summed E-state index contributed by atoms with van der Waals surface area (Å²) >= 11 is 0. The molecule has 0 bridgehead atoms. The number of nitrogens with two attached hydrogens (primary N) is 1. The van der Waals surface area contributed by atoms with Gasteiger partial charge in [0, 0.05) is 13.5 Å². The van der Waals surface area contributed by atoms with Gasteiger partial charge in [-0.15, -0.1) is 0 Å². The van der Waals surface area contributed by atoms with Gasteiger partial charge in [0.25, 0.3) is 0 Å². The summed E-state index contributed by atoms with van der Waals surface area (Å²) in [6, 6.07) is 0. The molecule has 0 radical (unpaired) electrons. The highest BCUT2D eigenvalue weighted by Crippen LogP contribution is 2.08. The van der Waals surface area contributed by atoms with Crippen molar-refractivity contribution in [2.24, 2.45) is 18.7 Å². The van der Waals surface area contributed by atoms with Crippen LogP contribution in [-0.4, -0.2) is 21.3 Å². The molecule has 4 heteroatoms. The van der Waals surface area contributed by atoms with Crippen LogP contribution in [0, 0.1) is 12.8 Å². The molecule has 0 saturated heterocycles. The van der Waals surface area contributed by atoms with E-state index < -0.39 is 0 Å². The molecule has 0 fully saturated rings. The lowest BCUT2D eigenvalue weighted by atomic mass is 10.0. The second-order valence-electron chi connectivity index (χ2n) is 3.41. The quantitative estimate of drug-likeness (QED) is 0.744. The Kier molecular flexibility index (Phi) is 3.42. The van der Waals surface area contributed by atoms with Gasteiger partial charge in [0.15, 0.2) is 0 Å². The summed E-state index contributed by atoms with van der Waals surface area (Å²) in [6.45, 7) is 4.79. The van der Waals surface area contributed by atoms with Gasteiger partial charge in [-0.3, -0.25) is 4.68 Å². The molecule has 0 aliphatic heterocycles. The fourth-order valence-electron chi connectivity index (χ4n) is 1.39. The van der Waals surface area contributed by atoms with Gasteiger partial charge in [0.1, 0.15) is 11.6 Å². The summed E-state index contributed by atoms with van der Waals surface area (Å²) in [5.41, 5.74) is 5.63. The van der Waals surface area contributed by atoms with Gasteiger partial charge >= 0.3 is 0 Å². The Morgan fingerprint density at radius 1 is 1.54 bits per heavy atom. The predicted molar refractivity (Wildman–Crippen MR) is 52.3 cm³/mol. The van der Waals surface area contributed by atoms with Gasteiger partial charge < -0.3 is 5.73 Å². The van der Waals surface area contributed by atoms with E-state index in [1.807, 2.05) is 18.7 Å². The molecule has 0 aliphatic rings. The Labute approximate surface area is 79.2 Å². The van der Waals surface area contributed by atoms with Crippen LogP contribution >= 0.6 is 0 Å². The van der Waals surface area contributed by atoms with Crippen molar-refractivity contribution in [2.45, 2.75) is 26.7 Å². The van der Waals surface area contributed by atoms with Crippen molar-refractivity contribution in [1.29, 1.82) is 0 Å². The molecule has 74 valence electrons. The van der Waals surface area contributed by atoms with Crippen molar-refractivity contribution >= 4 is 0 Å². The van der Waals surface area contributed by atoms with Crippen LogP contribution < -0.4 is 5.73 Å². The second-order valence-corrected chi connectivity index (χ2v) is 3.41. The molecule has 0 aliphatic carbocycles. The van der Waals surface area contributed by atoms with Gasteiger partial charge in [0.2, 0.25) is 0 Å². The molecule has 2 N–H and O–H groups in total. The van der Waals surface area contributed by atoms with Crippen LogP contribution in [0.2, 0.25) is 0 Å². The molecular formula is C9H18N4. The smallest absolute Gasteiger partial charge is 0.147 e.